The zero-order valence-corrected chi connectivity index (χ0v) is 12.5. The van der Waals surface area contributed by atoms with E-state index in [0.29, 0.717) is 12.4 Å². The molecule has 1 N–H and O–H groups in total. The van der Waals surface area contributed by atoms with Gasteiger partial charge in [-0.3, -0.25) is 4.79 Å². The molecule has 1 aromatic carbocycles. The minimum Gasteiger partial charge on any atom is -0.492 e. The van der Waals surface area contributed by atoms with Gasteiger partial charge in [0, 0.05) is 11.3 Å². The molecular weight excluding hydrogens is 290 g/mol. The molecule has 112 valence electrons. The predicted octanol–water partition coefficient (Wildman–Crippen LogP) is 1.93. The average molecular weight is 307 g/mol. The molecule has 2 aliphatic heterocycles. The highest BCUT2D eigenvalue weighted by Gasteiger charge is 2.44. The zero-order valence-electron chi connectivity index (χ0n) is 11.7. The Morgan fingerprint density at radius 2 is 2.19 bits per heavy atom. The lowest BCUT2D eigenvalue weighted by molar-refractivity contribution is -0.149. The highest BCUT2D eigenvalue weighted by molar-refractivity contribution is 8.00. The Bertz CT molecular complexity index is 577. The molecule has 3 atom stereocenters. The number of nitrogens with zero attached hydrogens (tertiary/aromatic N) is 1. The number of aliphatic carboxylic acids is 1. The van der Waals surface area contributed by atoms with Crippen LogP contribution in [0.1, 0.15) is 24.8 Å². The number of rotatable bonds is 3. The number of hydrogen-bond acceptors (Lipinski definition) is 4. The van der Waals surface area contributed by atoms with Gasteiger partial charge in [0.05, 0.1) is 5.37 Å². The maximum absolute atomic E-state index is 12.9. The van der Waals surface area contributed by atoms with E-state index in [2.05, 4.69) is 0 Å². The normalized spacial score (nSPS) is 27.3. The van der Waals surface area contributed by atoms with E-state index in [1.807, 2.05) is 31.2 Å². The van der Waals surface area contributed by atoms with Gasteiger partial charge in [0.1, 0.15) is 24.3 Å². The summed E-state index contributed by atoms with van der Waals surface area (Å²) >= 11 is 1.54. The molecule has 3 rings (SSSR count). The van der Waals surface area contributed by atoms with Gasteiger partial charge in [-0.05, 0) is 12.5 Å². The van der Waals surface area contributed by atoms with Crippen LogP contribution in [0.2, 0.25) is 0 Å². The molecule has 1 amide bonds. The smallest absolute Gasteiger partial charge is 0.327 e. The van der Waals surface area contributed by atoms with Crippen molar-refractivity contribution in [3.63, 3.8) is 0 Å². The summed E-state index contributed by atoms with van der Waals surface area (Å²) in [6.07, 6.45) is 0.745. The summed E-state index contributed by atoms with van der Waals surface area (Å²) in [4.78, 5) is 25.8. The van der Waals surface area contributed by atoms with Crippen molar-refractivity contribution in [1.82, 2.24) is 4.90 Å². The van der Waals surface area contributed by atoms with Gasteiger partial charge in [-0.15, -0.1) is 11.8 Å². The number of carbonyl (C=O) groups excluding carboxylic acids is 1. The molecule has 0 spiro atoms. The van der Waals surface area contributed by atoms with Crippen molar-refractivity contribution in [2.75, 3.05) is 12.4 Å². The fraction of sp³-hybridized carbons (Fsp3) is 0.467. The van der Waals surface area contributed by atoms with Gasteiger partial charge in [0.15, 0.2) is 0 Å². The third-order valence-electron chi connectivity index (χ3n) is 3.98. The van der Waals surface area contributed by atoms with Crippen molar-refractivity contribution in [1.29, 1.82) is 0 Å². The maximum Gasteiger partial charge on any atom is 0.327 e. The zero-order chi connectivity index (χ0) is 15.0. The largest absolute Gasteiger partial charge is 0.492 e. The number of carboxylic acids is 1. The number of carbonyl (C=O) groups is 2. The minimum absolute atomic E-state index is 0.0636. The quantitative estimate of drug-likeness (QED) is 0.924. The van der Waals surface area contributed by atoms with Gasteiger partial charge >= 0.3 is 5.97 Å². The molecule has 1 saturated heterocycles. The van der Waals surface area contributed by atoms with Gasteiger partial charge in [0.25, 0.3) is 0 Å². The number of benzene rings is 1. The van der Waals surface area contributed by atoms with E-state index in [4.69, 9.17) is 4.74 Å². The van der Waals surface area contributed by atoms with Crippen LogP contribution in [0.15, 0.2) is 24.3 Å². The van der Waals surface area contributed by atoms with Crippen molar-refractivity contribution in [3.8, 4) is 5.75 Å². The summed E-state index contributed by atoms with van der Waals surface area (Å²) in [7, 11) is 0. The molecule has 0 aliphatic carbocycles. The van der Waals surface area contributed by atoms with E-state index in [-0.39, 0.29) is 11.3 Å². The molecule has 2 aliphatic rings. The summed E-state index contributed by atoms with van der Waals surface area (Å²) in [6, 6.07) is 6.73. The highest BCUT2D eigenvalue weighted by Crippen LogP contribution is 2.39. The summed E-state index contributed by atoms with van der Waals surface area (Å²) in [5.41, 5.74) is 0.860. The number of fused-ring (bicyclic) bond motifs is 1. The van der Waals surface area contributed by atoms with Crippen LogP contribution in [0.5, 0.6) is 5.75 Å². The van der Waals surface area contributed by atoms with Crippen molar-refractivity contribution < 1.29 is 19.4 Å². The number of para-hydroxylation sites is 1. The molecule has 0 bridgehead atoms. The first kappa shape index (κ1) is 14.3. The molecule has 2 heterocycles. The fourth-order valence-electron chi connectivity index (χ4n) is 2.91. The van der Waals surface area contributed by atoms with Crippen LogP contribution >= 0.6 is 11.8 Å². The number of hydrogen-bond donors (Lipinski definition) is 1. The average Bonchev–Trinajstić information content (AvgIpc) is 3.10. The van der Waals surface area contributed by atoms with Crippen LogP contribution < -0.4 is 4.74 Å². The first-order chi connectivity index (χ1) is 10.1. The van der Waals surface area contributed by atoms with Crippen LogP contribution in [0, 0.1) is 0 Å². The van der Waals surface area contributed by atoms with E-state index in [9.17, 15) is 14.7 Å². The maximum atomic E-state index is 12.9. The molecule has 0 saturated carbocycles. The summed E-state index contributed by atoms with van der Waals surface area (Å²) in [5, 5.41) is 9.28. The summed E-state index contributed by atoms with van der Waals surface area (Å²) < 4.78 is 5.55. The van der Waals surface area contributed by atoms with Crippen LogP contribution in [-0.2, 0) is 9.59 Å². The second-order valence-electron chi connectivity index (χ2n) is 5.20. The lowest BCUT2D eigenvalue weighted by Crippen LogP contribution is -2.47. The van der Waals surface area contributed by atoms with Gasteiger partial charge in [0.2, 0.25) is 5.91 Å². The van der Waals surface area contributed by atoms with E-state index >= 15 is 0 Å². The lowest BCUT2D eigenvalue weighted by Gasteiger charge is -2.28. The molecule has 1 aromatic rings. The molecule has 5 nitrogen and oxygen atoms in total. The van der Waals surface area contributed by atoms with Crippen LogP contribution in [0.4, 0.5) is 0 Å². The van der Waals surface area contributed by atoms with Crippen LogP contribution in [0.25, 0.3) is 0 Å². The lowest BCUT2D eigenvalue weighted by atomic mass is 9.99. The fourth-order valence-corrected chi connectivity index (χ4v) is 4.27. The van der Waals surface area contributed by atoms with Gasteiger partial charge < -0.3 is 14.7 Å². The second kappa shape index (κ2) is 5.60. The Balaban J connectivity index is 1.89. The SMILES string of the molecule is CCC1SCC(C(=O)O)N1C(=O)C1COc2ccccc21. The highest BCUT2D eigenvalue weighted by atomic mass is 32.2. The Morgan fingerprint density at radius 1 is 1.43 bits per heavy atom. The monoisotopic (exact) mass is 307 g/mol. The van der Waals surface area contributed by atoms with Gasteiger partial charge in [-0.25, -0.2) is 4.79 Å². The predicted molar refractivity (Wildman–Crippen MR) is 79.5 cm³/mol. The first-order valence-electron chi connectivity index (χ1n) is 7.01. The molecular formula is C15H17NO4S. The van der Waals surface area contributed by atoms with Gasteiger partial charge in [-0.1, -0.05) is 25.1 Å². The number of thioether (sulfide) groups is 1. The van der Waals surface area contributed by atoms with Crippen LogP contribution in [0.3, 0.4) is 0 Å². The number of carboxylic acid groups (broad SMARTS) is 1. The molecule has 0 radical (unpaired) electrons. The third-order valence-corrected chi connectivity index (χ3v) is 5.43. The third kappa shape index (κ3) is 2.37. The van der Waals surface area contributed by atoms with E-state index in [1.54, 1.807) is 4.90 Å². The van der Waals surface area contributed by atoms with Crippen molar-refractivity contribution in [2.24, 2.45) is 0 Å². The number of ether oxygens (including phenoxy) is 1. The first-order valence-corrected chi connectivity index (χ1v) is 8.06. The molecule has 6 heteroatoms. The number of amides is 1. The van der Waals surface area contributed by atoms with E-state index in [1.165, 1.54) is 11.8 Å². The molecule has 3 unspecified atom stereocenters. The van der Waals surface area contributed by atoms with Crippen molar-refractivity contribution >= 4 is 23.6 Å². The Kier molecular flexibility index (Phi) is 3.80. The van der Waals surface area contributed by atoms with E-state index < -0.39 is 17.9 Å². The molecule has 1 fully saturated rings. The molecule has 21 heavy (non-hydrogen) atoms. The van der Waals surface area contributed by atoms with E-state index in [0.717, 1.165) is 17.7 Å². The summed E-state index contributed by atoms with van der Waals surface area (Å²) in [5.74, 6) is -0.281. The standard InChI is InChI=1S/C15H17NO4S/c1-2-13-16(11(8-21-13)15(18)19)14(17)10-7-20-12-6-4-3-5-9(10)12/h3-6,10-11,13H,2,7-8H2,1H3,(H,18,19). The van der Waals surface area contributed by atoms with Crippen molar-refractivity contribution in [2.45, 2.75) is 30.7 Å². The Labute approximate surface area is 127 Å². The van der Waals surface area contributed by atoms with Crippen molar-refractivity contribution in [3.05, 3.63) is 29.8 Å². The minimum atomic E-state index is -0.931. The summed E-state index contributed by atoms with van der Waals surface area (Å²) in [6.45, 7) is 2.27. The Morgan fingerprint density at radius 3 is 2.90 bits per heavy atom. The Hall–Kier alpha value is -1.69. The second-order valence-corrected chi connectivity index (χ2v) is 6.41. The van der Waals surface area contributed by atoms with Gasteiger partial charge in [-0.2, -0.15) is 0 Å². The molecule has 0 aromatic heterocycles. The van der Waals surface area contributed by atoms with Crippen LogP contribution in [-0.4, -0.2) is 45.7 Å². The topological polar surface area (TPSA) is 66.8 Å².